The molecule has 0 atom stereocenters. The first-order valence-electron chi connectivity index (χ1n) is 6.93. The van der Waals surface area contributed by atoms with Crippen LogP contribution in [-0.4, -0.2) is 38.8 Å². The van der Waals surface area contributed by atoms with Crippen molar-refractivity contribution < 1.29 is 14.3 Å². The van der Waals surface area contributed by atoms with Gasteiger partial charge in [0.05, 0.1) is 6.61 Å². The highest BCUT2D eigenvalue weighted by atomic mass is 79.9. The fraction of sp³-hybridized carbons (Fsp3) is 0.533. The van der Waals surface area contributed by atoms with Crippen LogP contribution in [0.1, 0.15) is 19.4 Å². The molecule has 0 saturated heterocycles. The molecule has 0 heterocycles. The Hall–Kier alpha value is -1.11. The zero-order valence-corrected chi connectivity index (χ0v) is 14.3. The summed E-state index contributed by atoms with van der Waals surface area (Å²) in [5.41, 5.74) is 0.998. The Morgan fingerprint density at radius 3 is 2.81 bits per heavy atom. The molecule has 0 aliphatic rings. The first-order chi connectivity index (χ1) is 10.0. The second kappa shape index (κ2) is 9.76. The average Bonchev–Trinajstić information content (AvgIpc) is 2.42. The Morgan fingerprint density at radius 2 is 2.14 bits per heavy atom. The molecule has 1 rings (SSSR count). The predicted octanol–water partition coefficient (Wildman–Crippen LogP) is 2.09. The van der Waals surface area contributed by atoms with Crippen LogP contribution < -0.4 is 15.4 Å². The Kier molecular flexibility index (Phi) is 8.34. The third-order valence-electron chi connectivity index (χ3n) is 2.63. The van der Waals surface area contributed by atoms with Gasteiger partial charge in [0.15, 0.2) is 6.61 Å². The van der Waals surface area contributed by atoms with Crippen molar-refractivity contribution in [3.63, 3.8) is 0 Å². The fourth-order valence-corrected chi connectivity index (χ4v) is 2.14. The molecular weight excluding hydrogens is 336 g/mol. The number of rotatable bonds is 9. The Balaban J connectivity index is 2.57. The smallest absolute Gasteiger partial charge is 0.258 e. The monoisotopic (exact) mass is 358 g/mol. The molecule has 0 aliphatic carbocycles. The van der Waals surface area contributed by atoms with E-state index in [2.05, 4.69) is 26.6 Å². The predicted molar refractivity (Wildman–Crippen MR) is 86.5 cm³/mol. The minimum atomic E-state index is -0.119. The van der Waals surface area contributed by atoms with E-state index >= 15 is 0 Å². The summed E-state index contributed by atoms with van der Waals surface area (Å²) < 4.78 is 11.6. The van der Waals surface area contributed by atoms with Gasteiger partial charge in [0.25, 0.3) is 5.91 Å². The minimum Gasteiger partial charge on any atom is -0.483 e. The molecule has 1 aromatic rings. The van der Waals surface area contributed by atoms with Gasteiger partial charge < -0.3 is 20.1 Å². The van der Waals surface area contributed by atoms with E-state index in [0.29, 0.717) is 18.9 Å². The van der Waals surface area contributed by atoms with Gasteiger partial charge in [-0.05, 0) is 32.0 Å². The van der Waals surface area contributed by atoms with Crippen LogP contribution in [0.3, 0.4) is 0 Å². The van der Waals surface area contributed by atoms with Gasteiger partial charge in [-0.1, -0.05) is 15.9 Å². The third-order valence-corrected chi connectivity index (χ3v) is 3.12. The highest BCUT2D eigenvalue weighted by molar-refractivity contribution is 9.10. The largest absolute Gasteiger partial charge is 0.483 e. The van der Waals surface area contributed by atoms with E-state index in [1.54, 1.807) is 7.11 Å². The molecule has 0 spiro atoms. The maximum Gasteiger partial charge on any atom is 0.258 e. The summed E-state index contributed by atoms with van der Waals surface area (Å²) in [6, 6.07) is 5.85. The first kappa shape index (κ1) is 17.9. The topological polar surface area (TPSA) is 59.6 Å². The van der Waals surface area contributed by atoms with Crippen molar-refractivity contribution in [2.24, 2.45) is 0 Å². The summed E-state index contributed by atoms with van der Waals surface area (Å²) in [6.07, 6.45) is 0. The van der Waals surface area contributed by atoms with Gasteiger partial charge in [0, 0.05) is 36.3 Å². The molecule has 6 heteroatoms. The number of carbonyl (C=O) groups is 1. The van der Waals surface area contributed by atoms with Crippen molar-refractivity contribution in [1.82, 2.24) is 10.6 Å². The summed E-state index contributed by atoms with van der Waals surface area (Å²) in [4.78, 5) is 11.6. The van der Waals surface area contributed by atoms with Gasteiger partial charge in [0.1, 0.15) is 5.75 Å². The quantitative estimate of drug-likeness (QED) is 0.663. The van der Waals surface area contributed by atoms with Gasteiger partial charge >= 0.3 is 0 Å². The normalized spacial score (nSPS) is 10.7. The van der Waals surface area contributed by atoms with E-state index in [1.165, 1.54) is 0 Å². The highest BCUT2D eigenvalue weighted by Gasteiger charge is 2.08. The molecule has 0 radical (unpaired) electrons. The minimum absolute atomic E-state index is 0.0187. The van der Waals surface area contributed by atoms with Gasteiger partial charge in [-0.25, -0.2) is 0 Å². The van der Waals surface area contributed by atoms with E-state index < -0.39 is 0 Å². The van der Waals surface area contributed by atoms with Crippen LogP contribution in [0.5, 0.6) is 5.75 Å². The van der Waals surface area contributed by atoms with Crippen LogP contribution in [0.2, 0.25) is 0 Å². The Labute approximate surface area is 134 Å². The molecule has 0 fully saturated rings. The Bertz CT molecular complexity index is 453. The lowest BCUT2D eigenvalue weighted by atomic mass is 10.2. The van der Waals surface area contributed by atoms with E-state index in [1.807, 2.05) is 32.0 Å². The highest BCUT2D eigenvalue weighted by Crippen LogP contribution is 2.23. The maximum atomic E-state index is 11.6. The molecule has 5 nitrogen and oxygen atoms in total. The van der Waals surface area contributed by atoms with Crippen molar-refractivity contribution in [3.05, 3.63) is 28.2 Å². The zero-order valence-electron chi connectivity index (χ0n) is 12.7. The number of nitrogens with one attached hydrogen (secondary N) is 2. The molecular formula is C15H23BrN2O3. The lowest BCUT2D eigenvalue weighted by Crippen LogP contribution is -2.34. The van der Waals surface area contributed by atoms with Crippen molar-refractivity contribution >= 4 is 21.8 Å². The van der Waals surface area contributed by atoms with Crippen LogP contribution in [0.25, 0.3) is 0 Å². The van der Waals surface area contributed by atoms with Gasteiger partial charge in [-0.15, -0.1) is 0 Å². The van der Waals surface area contributed by atoms with E-state index in [-0.39, 0.29) is 18.6 Å². The third kappa shape index (κ3) is 7.45. The second-order valence-electron chi connectivity index (χ2n) is 4.93. The Morgan fingerprint density at radius 1 is 1.38 bits per heavy atom. The van der Waals surface area contributed by atoms with E-state index in [0.717, 1.165) is 16.6 Å². The molecule has 118 valence electrons. The number of carbonyl (C=O) groups excluding carboxylic acids is 1. The molecule has 0 bridgehead atoms. The van der Waals surface area contributed by atoms with Crippen molar-refractivity contribution in [2.75, 3.05) is 26.9 Å². The number of hydrogen-bond donors (Lipinski definition) is 2. The van der Waals surface area contributed by atoms with Crippen molar-refractivity contribution in [1.29, 1.82) is 0 Å². The fourth-order valence-electron chi connectivity index (χ4n) is 1.73. The standard InChI is InChI=1S/C15H23BrN2O3/c1-11(2)18-15(19)10-21-14-5-4-13(16)8-12(14)9-17-6-7-20-3/h4-5,8,11,17H,6-7,9-10H2,1-3H3,(H,18,19). The molecule has 0 aromatic heterocycles. The van der Waals surface area contributed by atoms with Crippen LogP contribution in [0, 0.1) is 0 Å². The average molecular weight is 359 g/mol. The molecule has 1 amide bonds. The summed E-state index contributed by atoms with van der Waals surface area (Å²) in [6.45, 7) is 5.93. The molecule has 0 aliphatic heterocycles. The summed E-state index contributed by atoms with van der Waals surface area (Å²) in [5.74, 6) is 0.591. The lowest BCUT2D eigenvalue weighted by Gasteiger charge is -2.14. The van der Waals surface area contributed by atoms with Gasteiger partial charge in [-0.2, -0.15) is 0 Å². The van der Waals surface area contributed by atoms with E-state index in [4.69, 9.17) is 9.47 Å². The van der Waals surface area contributed by atoms with E-state index in [9.17, 15) is 4.79 Å². The van der Waals surface area contributed by atoms with Crippen molar-refractivity contribution in [2.45, 2.75) is 26.4 Å². The maximum absolute atomic E-state index is 11.6. The number of ether oxygens (including phenoxy) is 2. The van der Waals surface area contributed by atoms with Gasteiger partial charge in [-0.3, -0.25) is 4.79 Å². The molecule has 1 aromatic carbocycles. The summed E-state index contributed by atoms with van der Waals surface area (Å²) in [5, 5.41) is 6.06. The van der Waals surface area contributed by atoms with Crippen LogP contribution in [-0.2, 0) is 16.1 Å². The summed E-state index contributed by atoms with van der Waals surface area (Å²) >= 11 is 3.44. The summed E-state index contributed by atoms with van der Waals surface area (Å²) in [7, 11) is 1.67. The number of halogens is 1. The lowest BCUT2D eigenvalue weighted by molar-refractivity contribution is -0.123. The van der Waals surface area contributed by atoms with Gasteiger partial charge in [0.2, 0.25) is 0 Å². The number of methoxy groups -OCH3 is 1. The molecule has 21 heavy (non-hydrogen) atoms. The van der Waals surface area contributed by atoms with Crippen LogP contribution in [0.15, 0.2) is 22.7 Å². The molecule has 2 N–H and O–H groups in total. The SMILES string of the molecule is COCCNCc1cc(Br)ccc1OCC(=O)NC(C)C. The first-order valence-corrected chi connectivity index (χ1v) is 7.72. The zero-order chi connectivity index (χ0) is 15.7. The van der Waals surface area contributed by atoms with Crippen LogP contribution in [0.4, 0.5) is 0 Å². The van der Waals surface area contributed by atoms with Crippen molar-refractivity contribution in [3.8, 4) is 5.75 Å². The number of amides is 1. The molecule has 0 unspecified atom stereocenters. The molecule has 0 saturated carbocycles. The second-order valence-corrected chi connectivity index (χ2v) is 5.85. The van der Waals surface area contributed by atoms with Crippen LogP contribution >= 0.6 is 15.9 Å². The number of benzene rings is 1. The number of hydrogen-bond acceptors (Lipinski definition) is 4.